The average molecular weight is 277 g/mol. The largest absolute Gasteiger partial charge is 0.481 e. The third kappa shape index (κ3) is 4.23. The van der Waals surface area contributed by atoms with E-state index < -0.39 is 0 Å². The number of rotatable bonds is 6. The van der Waals surface area contributed by atoms with Crippen molar-refractivity contribution in [1.29, 1.82) is 0 Å². The van der Waals surface area contributed by atoms with E-state index in [2.05, 4.69) is 22.4 Å². The van der Waals surface area contributed by atoms with Gasteiger partial charge in [-0.3, -0.25) is 0 Å². The minimum Gasteiger partial charge on any atom is -0.481 e. The van der Waals surface area contributed by atoms with Crippen molar-refractivity contribution < 1.29 is 4.74 Å². The average Bonchev–Trinajstić information content (AvgIpc) is 2.46. The van der Waals surface area contributed by atoms with Crippen molar-refractivity contribution in [3.8, 4) is 5.88 Å². The molecule has 0 aliphatic rings. The Morgan fingerprint density at radius 2 is 2.00 bits per heavy atom. The van der Waals surface area contributed by atoms with Crippen molar-refractivity contribution in [2.24, 2.45) is 0 Å². The summed E-state index contributed by atoms with van der Waals surface area (Å²) in [5.74, 6) is 0.682. The molecule has 0 saturated carbocycles. The van der Waals surface area contributed by atoms with E-state index >= 15 is 0 Å². The van der Waals surface area contributed by atoms with Crippen LogP contribution >= 0.6 is 11.6 Å². The second-order valence-electron chi connectivity index (χ2n) is 4.23. The van der Waals surface area contributed by atoms with Gasteiger partial charge in [-0.15, -0.1) is 0 Å². The minimum absolute atomic E-state index is 0.682. The molecule has 0 bridgehead atoms. The monoisotopic (exact) mass is 276 g/mol. The fraction of sp³-hybridized carbons (Fsp3) is 0.267. The van der Waals surface area contributed by atoms with Gasteiger partial charge >= 0.3 is 0 Å². The fourth-order valence-corrected chi connectivity index (χ4v) is 1.98. The van der Waals surface area contributed by atoms with Crippen LogP contribution in [0.4, 0.5) is 0 Å². The summed E-state index contributed by atoms with van der Waals surface area (Å²) in [6.45, 7) is 1.66. The van der Waals surface area contributed by atoms with E-state index in [0.29, 0.717) is 5.88 Å². The van der Waals surface area contributed by atoms with E-state index in [9.17, 15) is 0 Å². The van der Waals surface area contributed by atoms with Gasteiger partial charge in [0.1, 0.15) is 0 Å². The Balaban J connectivity index is 1.79. The maximum absolute atomic E-state index is 5.85. The number of hydrogen-bond acceptors (Lipinski definition) is 3. The quantitative estimate of drug-likeness (QED) is 0.824. The SMILES string of the molecule is COc1ncccc1CNCCc1ccc(Cl)cc1. The molecule has 0 spiro atoms. The van der Waals surface area contributed by atoms with Crippen LogP contribution in [0.1, 0.15) is 11.1 Å². The molecule has 0 aliphatic heterocycles. The Hall–Kier alpha value is -1.58. The van der Waals surface area contributed by atoms with Crippen molar-refractivity contribution >= 4 is 11.6 Å². The summed E-state index contributed by atoms with van der Waals surface area (Å²) >= 11 is 5.85. The molecule has 4 heteroatoms. The van der Waals surface area contributed by atoms with Crippen LogP contribution in [-0.2, 0) is 13.0 Å². The zero-order chi connectivity index (χ0) is 13.5. The smallest absolute Gasteiger partial charge is 0.217 e. The Kier molecular flexibility index (Phi) is 5.19. The molecule has 0 atom stereocenters. The fourth-order valence-electron chi connectivity index (χ4n) is 1.85. The first-order chi connectivity index (χ1) is 9.29. The number of pyridine rings is 1. The number of methoxy groups -OCH3 is 1. The van der Waals surface area contributed by atoms with Crippen LogP contribution in [0.2, 0.25) is 5.02 Å². The summed E-state index contributed by atoms with van der Waals surface area (Å²) in [6.07, 6.45) is 2.70. The molecule has 1 heterocycles. The van der Waals surface area contributed by atoms with Crippen molar-refractivity contribution in [2.45, 2.75) is 13.0 Å². The normalized spacial score (nSPS) is 10.4. The van der Waals surface area contributed by atoms with Crippen LogP contribution in [-0.4, -0.2) is 18.6 Å². The molecule has 100 valence electrons. The molecular weight excluding hydrogens is 260 g/mol. The van der Waals surface area contributed by atoms with E-state index in [1.54, 1.807) is 13.3 Å². The maximum Gasteiger partial charge on any atom is 0.217 e. The van der Waals surface area contributed by atoms with Crippen molar-refractivity contribution in [1.82, 2.24) is 10.3 Å². The number of hydrogen-bond donors (Lipinski definition) is 1. The molecule has 0 saturated heterocycles. The van der Waals surface area contributed by atoms with E-state index in [1.165, 1.54) is 5.56 Å². The van der Waals surface area contributed by atoms with Crippen LogP contribution in [0.15, 0.2) is 42.6 Å². The van der Waals surface area contributed by atoms with Gasteiger partial charge < -0.3 is 10.1 Å². The maximum atomic E-state index is 5.85. The summed E-state index contributed by atoms with van der Waals surface area (Å²) in [5.41, 5.74) is 2.34. The first-order valence-corrected chi connectivity index (χ1v) is 6.60. The standard InChI is InChI=1S/C15H17ClN2O/c1-19-15-13(3-2-9-18-15)11-17-10-8-12-4-6-14(16)7-5-12/h2-7,9,17H,8,10-11H2,1H3. The third-order valence-corrected chi connectivity index (χ3v) is 3.11. The number of halogens is 1. The topological polar surface area (TPSA) is 34.1 Å². The van der Waals surface area contributed by atoms with Gasteiger partial charge in [0.05, 0.1) is 7.11 Å². The van der Waals surface area contributed by atoms with Crippen LogP contribution in [0, 0.1) is 0 Å². The predicted molar refractivity (Wildman–Crippen MR) is 77.7 cm³/mol. The summed E-state index contributed by atoms with van der Waals surface area (Å²) in [4.78, 5) is 4.17. The predicted octanol–water partition coefficient (Wildman–Crippen LogP) is 3.08. The lowest BCUT2D eigenvalue weighted by atomic mass is 10.1. The molecule has 19 heavy (non-hydrogen) atoms. The molecule has 1 N–H and O–H groups in total. The number of benzene rings is 1. The Labute approximate surface area is 118 Å². The molecule has 0 fully saturated rings. The first kappa shape index (κ1) is 13.8. The van der Waals surface area contributed by atoms with Gasteiger partial charge in [0.25, 0.3) is 0 Å². The lowest BCUT2D eigenvalue weighted by molar-refractivity contribution is 0.390. The highest BCUT2D eigenvalue weighted by Gasteiger charge is 2.02. The van der Waals surface area contributed by atoms with E-state index in [0.717, 1.165) is 30.1 Å². The summed E-state index contributed by atoms with van der Waals surface area (Å²) < 4.78 is 5.21. The number of aromatic nitrogens is 1. The molecule has 0 unspecified atom stereocenters. The number of nitrogens with zero attached hydrogens (tertiary/aromatic N) is 1. The molecule has 2 aromatic rings. The third-order valence-electron chi connectivity index (χ3n) is 2.86. The second kappa shape index (κ2) is 7.12. The van der Waals surface area contributed by atoms with Gasteiger partial charge in [0.2, 0.25) is 5.88 Å². The second-order valence-corrected chi connectivity index (χ2v) is 4.66. The van der Waals surface area contributed by atoms with Gasteiger partial charge in [0.15, 0.2) is 0 Å². The Bertz CT molecular complexity index is 514. The van der Waals surface area contributed by atoms with Gasteiger partial charge in [-0.1, -0.05) is 29.8 Å². The van der Waals surface area contributed by atoms with Gasteiger partial charge in [-0.25, -0.2) is 4.98 Å². The lowest BCUT2D eigenvalue weighted by Gasteiger charge is -2.08. The first-order valence-electron chi connectivity index (χ1n) is 6.22. The zero-order valence-electron chi connectivity index (χ0n) is 10.9. The van der Waals surface area contributed by atoms with Gasteiger partial charge in [-0.05, 0) is 36.7 Å². The molecule has 2 rings (SSSR count). The van der Waals surface area contributed by atoms with Gasteiger partial charge in [0, 0.05) is 23.3 Å². The molecule has 0 aliphatic carbocycles. The van der Waals surface area contributed by atoms with Crippen molar-refractivity contribution in [3.05, 3.63) is 58.7 Å². The lowest BCUT2D eigenvalue weighted by Crippen LogP contribution is -2.17. The van der Waals surface area contributed by atoms with E-state index in [1.807, 2.05) is 24.3 Å². The highest BCUT2D eigenvalue weighted by atomic mass is 35.5. The van der Waals surface area contributed by atoms with E-state index in [-0.39, 0.29) is 0 Å². The summed E-state index contributed by atoms with van der Waals surface area (Å²) in [5, 5.41) is 4.16. The van der Waals surface area contributed by atoms with Crippen molar-refractivity contribution in [2.75, 3.05) is 13.7 Å². The molecule has 0 amide bonds. The number of nitrogens with one attached hydrogen (secondary N) is 1. The summed E-state index contributed by atoms with van der Waals surface area (Å²) in [7, 11) is 1.64. The molecule has 1 aromatic heterocycles. The highest BCUT2D eigenvalue weighted by Crippen LogP contribution is 2.13. The van der Waals surface area contributed by atoms with Crippen LogP contribution < -0.4 is 10.1 Å². The van der Waals surface area contributed by atoms with E-state index in [4.69, 9.17) is 16.3 Å². The van der Waals surface area contributed by atoms with Crippen LogP contribution in [0.3, 0.4) is 0 Å². The summed E-state index contributed by atoms with van der Waals surface area (Å²) in [6, 6.07) is 11.9. The number of ether oxygens (including phenoxy) is 1. The highest BCUT2D eigenvalue weighted by molar-refractivity contribution is 6.30. The minimum atomic E-state index is 0.682. The molecule has 1 aromatic carbocycles. The van der Waals surface area contributed by atoms with Crippen LogP contribution in [0.25, 0.3) is 0 Å². The molecule has 0 radical (unpaired) electrons. The zero-order valence-corrected chi connectivity index (χ0v) is 11.7. The van der Waals surface area contributed by atoms with Gasteiger partial charge in [-0.2, -0.15) is 0 Å². The molecule has 3 nitrogen and oxygen atoms in total. The van der Waals surface area contributed by atoms with Crippen LogP contribution in [0.5, 0.6) is 5.88 Å². The van der Waals surface area contributed by atoms with Crippen molar-refractivity contribution in [3.63, 3.8) is 0 Å². The Morgan fingerprint density at radius 1 is 1.21 bits per heavy atom. The molecular formula is C15H17ClN2O. The Morgan fingerprint density at radius 3 is 2.74 bits per heavy atom.